The van der Waals surface area contributed by atoms with Crippen LogP contribution in [0, 0.1) is 11.8 Å². The highest BCUT2D eigenvalue weighted by atomic mass is 35.5. The van der Waals surface area contributed by atoms with E-state index in [0.717, 1.165) is 41.8 Å². The van der Waals surface area contributed by atoms with Crippen LogP contribution >= 0.6 is 23.2 Å². The van der Waals surface area contributed by atoms with Gasteiger partial charge in [-0.15, -0.1) is 0 Å². The smallest absolute Gasteiger partial charge is 0.347 e. The molecule has 1 aromatic rings. The number of benzene rings is 1. The molecule has 3 aliphatic carbocycles. The lowest BCUT2D eigenvalue weighted by Gasteiger charge is -2.39. The number of halogens is 2. The Morgan fingerprint density at radius 2 is 1.77 bits per heavy atom. The Bertz CT molecular complexity index is 1030. The molecular formula is C22H22Cl2N4O3. The first-order chi connectivity index (χ1) is 14.8. The topological polar surface area (TPSA) is 83.0 Å². The van der Waals surface area contributed by atoms with Crippen LogP contribution in [0.15, 0.2) is 53.0 Å². The SMILES string of the molecule is C=C1C=NN(c2cc(Cl)c(OC(=C)C3=C(C(=O)NC)C4CCC3CC4)c(Cl)c2)C(=O)N1. The molecule has 7 nitrogen and oxygen atoms in total. The third-order valence-corrected chi connectivity index (χ3v) is 6.41. The lowest BCUT2D eigenvalue weighted by atomic mass is 9.66. The van der Waals surface area contributed by atoms with E-state index >= 15 is 0 Å². The number of anilines is 1. The normalized spacial score (nSPS) is 22.5. The lowest BCUT2D eigenvalue weighted by Crippen LogP contribution is -2.40. The molecule has 5 rings (SSSR count). The molecule has 0 radical (unpaired) electrons. The number of nitrogens with one attached hydrogen (secondary N) is 2. The third-order valence-electron chi connectivity index (χ3n) is 5.85. The maximum atomic E-state index is 12.6. The summed E-state index contributed by atoms with van der Waals surface area (Å²) in [6, 6.07) is 2.58. The molecule has 1 aromatic carbocycles. The van der Waals surface area contributed by atoms with Crippen LogP contribution < -0.4 is 20.4 Å². The van der Waals surface area contributed by atoms with Gasteiger partial charge >= 0.3 is 6.03 Å². The number of hydrazone groups is 1. The largest absolute Gasteiger partial charge is 0.455 e. The highest BCUT2D eigenvalue weighted by molar-refractivity contribution is 6.37. The summed E-state index contributed by atoms with van der Waals surface area (Å²) < 4.78 is 6.01. The van der Waals surface area contributed by atoms with E-state index in [-0.39, 0.29) is 33.5 Å². The molecule has 0 spiro atoms. The van der Waals surface area contributed by atoms with Crippen molar-refractivity contribution >= 4 is 47.0 Å². The Labute approximate surface area is 190 Å². The number of hydrogen-bond donors (Lipinski definition) is 2. The van der Waals surface area contributed by atoms with Crippen molar-refractivity contribution in [2.45, 2.75) is 25.7 Å². The van der Waals surface area contributed by atoms with Gasteiger partial charge in [0.25, 0.3) is 0 Å². The highest BCUT2D eigenvalue weighted by Crippen LogP contribution is 2.48. The molecule has 1 saturated carbocycles. The minimum absolute atomic E-state index is 0.0998. The van der Waals surface area contributed by atoms with Gasteiger partial charge in [0.05, 0.1) is 27.6 Å². The highest BCUT2D eigenvalue weighted by Gasteiger charge is 2.39. The van der Waals surface area contributed by atoms with Gasteiger partial charge in [0.2, 0.25) is 5.91 Å². The Morgan fingerprint density at radius 1 is 1.19 bits per heavy atom. The zero-order chi connectivity index (χ0) is 22.3. The molecule has 1 heterocycles. The number of hydrogen-bond acceptors (Lipinski definition) is 4. The summed E-state index contributed by atoms with van der Waals surface area (Å²) >= 11 is 12.9. The standard InChI is InChI=1S/C22H22Cl2N4O3/c1-11-10-26-28(22(30)27-11)15-8-16(23)20(17(24)9-15)31-12(2)18-13-4-6-14(7-5-13)19(18)21(29)25-3/h8-10,13-14H,1-2,4-7H2,3H3,(H,25,29)(H,27,30). The van der Waals surface area contributed by atoms with E-state index in [1.54, 1.807) is 7.05 Å². The van der Waals surface area contributed by atoms with Crippen LogP contribution in [0.5, 0.6) is 5.75 Å². The zero-order valence-corrected chi connectivity index (χ0v) is 18.5. The molecule has 3 amide bonds. The van der Waals surface area contributed by atoms with Crippen LogP contribution in [0.25, 0.3) is 0 Å². The maximum Gasteiger partial charge on any atom is 0.347 e. The molecule has 1 fully saturated rings. The van der Waals surface area contributed by atoms with E-state index < -0.39 is 6.03 Å². The molecule has 2 bridgehead atoms. The number of fused-ring (bicyclic) bond motifs is 2. The van der Waals surface area contributed by atoms with Crippen LogP contribution in [0.2, 0.25) is 10.0 Å². The fourth-order valence-electron chi connectivity index (χ4n) is 4.46. The summed E-state index contributed by atoms with van der Waals surface area (Å²) in [6.07, 6.45) is 5.39. The molecule has 2 N–H and O–H groups in total. The van der Waals surface area contributed by atoms with E-state index in [9.17, 15) is 9.59 Å². The number of allylic oxidation sites excluding steroid dienone is 2. The van der Waals surface area contributed by atoms with Crippen molar-refractivity contribution in [3.05, 3.63) is 57.9 Å². The second-order valence-corrected chi connectivity index (χ2v) is 8.54. The Morgan fingerprint density at radius 3 is 2.32 bits per heavy atom. The first-order valence-electron chi connectivity index (χ1n) is 9.96. The predicted molar refractivity (Wildman–Crippen MR) is 121 cm³/mol. The van der Waals surface area contributed by atoms with E-state index in [0.29, 0.717) is 17.1 Å². The summed E-state index contributed by atoms with van der Waals surface area (Å²) in [6.45, 7) is 7.73. The minimum atomic E-state index is -0.476. The number of nitrogens with zero attached hydrogens (tertiary/aromatic N) is 2. The number of carbonyl (C=O) groups excluding carboxylic acids is 2. The molecular weight excluding hydrogens is 439 g/mol. The average Bonchev–Trinajstić information content (AvgIpc) is 2.75. The molecule has 4 aliphatic rings. The van der Waals surface area contributed by atoms with Crippen molar-refractivity contribution in [3.63, 3.8) is 0 Å². The van der Waals surface area contributed by atoms with Gasteiger partial charge in [0, 0.05) is 18.2 Å². The van der Waals surface area contributed by atoms with Crippen molar-refractivity contribution in [2.75, 3.05) is 12.1 Å². The van der Waals surface area contributed by atoms with Crippen LogP contribution in [-0.2, 0) is 4.79 Å². The molecule has 0 atom stereocenters. The van der Waals surface area contributed by atoms with Gasteiger partial charge in [-0.25, -0.2) is 4.79 Å². The molecule has 0 aromatic heterocycles. The second-order valence-electron chi connectivity index (χ2n) is 7.73. The summed E-state index contributed by atoms with van der Waals surface area (Å²) in [4.78, 5) is 24.7. The maximum absolute atomic E-state index is 12.6. The quantitative estimate of drug-likeness (QED) is 0.620. The predicted octanol–water partition coefficient (Wildman–Crippen LogP) is 4.78. The number of urea groups is 1. The van der Waals surface area contributed by atoms with E-state index in [1.165, 1.54) is 18.3 Å². The van der Waals surface area contributed by atoms with Gasteiger partial charge in [-0.2, -0.15) is 10.1 Å². The van der Waals surface area contributed by atoms with Crippen LogP contribution in [0.3, 0.4) is 0 Å². The summed E-state index contributed by atoms with van der Waals surface area (Å²) in [5.74, 6) is 0.917. The number of amides is 3. The van der Waals surface area contributed by atoms with Gasteiger partial charge in [0.15, 0.2) is 5.75 Å². The third kappa shape index (κ3) is 3.95. The van der Waals surface area contributed by atoms with Crippen LogP contribution in [-0.4, -0.2) is 25.2 Å². The lowest BCUT2D eigenvalue weighted by molar-refractivity contribution is -0.118. The van der Waals surface area contributed by atoms with E-state index in [2.05, 4.69) is 28.9 Å². The molecule has 0 saturated heterocycles. The molecule has 162 valence electrons. The van der Waals surface area contributed by atoms with Gasteiger partial charge in [0.1, 0.15) is 5.76 Å². The average molecular weight is 461 g/mol. The van der Waals surface area contributed by atoms with Gasteiger partial charge in [-0.3, -0.25) is 4.79 Å². The van der Waals surface area contributed by atoms with E-state index in [4.69, 9.17) is 27.9 Å². The Hall–Kier alpha value is -2.77. The second kappa shape index (κ2) is 8.40. The number of carbonyl (C=O) groups is 2. The Kier molecular flexibility index (Phi) is 5.81. The molecule has 31 heavy (non-hydrogen) atoms. The van der Waals surface area contributed by atoms with Crippen LogP contribution in [0.1, 0.15) is 25.7 Å². The Balaban J connectivity index is 1.64. The fraction of sp³-hybridized carbons (Fsp3) is 0.318. The van der Waals surface area contributed by atoms with Gasteiger partial charge in [-0.1, -0.05) is 36.4 Å². The van der Waals surface area contributed by atoms with Gasteiger partial charge < -0.3 is 15.4 Å². The summed E-state index contributed by atoms with van der Waals surface area (Å²) in [5, 5.41) is 10.8. The minimum Gasteiger partial charge on any atom is -0.455 e. The molecule has 9 heteroatoms. The van der Waals surface area contributed by atoms with Crippen molar-refractivity contribution in [1.82, 2.24) is 10.6 Å². The monoisotopic (exact) mass is 460 g/mol. The van der Waals surface area contributed by atoms with Gasteiger partial charge in [-0.05, 0) is 49.7 Å². The zero-order valence-electron chi connectivity index (χ0n) is 17.0. The molecule has 1 aliphatic heterocycles. The first-order valence-corrected chi connectivity index (χ1v) is 10.7. The number of ether oxygens (including phenoxy) is 1. The van der Waals surface area contributed by atoms with Crippen molar-refractivity contribution in [2.24, 2.45) is 16.9 Å². The van der Waals surface area contributed by atoms with Crippen molar-refractivity contribution in [3.8, 4) is 5.75 Å². The van der Waals surface area contributed by atoms with Crippen molar-refractivity contribution < 1.29 is 14.3 Å². The number of likely N-dealkylation sites (N-methyl/N-ethyl adjacent to an activating group) is 1. The number of rotatable bonds is 5. The fourth-order valence-corrected chi connectivity index (χ4v) is 5.01. The summed E-state index contributed by atoms with van der Waals surface area (Å²) in [7, 11) is 1.62. The first kappa shape index (κ1) is 21.5. The summed E-state index contributed by atoms with van der Waals surface area (Å²) in [5.41, 5.74) is 2.35. The van der Waals surface area contributed by atoms with Crippen molar-refractivity contribution in [1.29, 1.82) is 0 Å². The van der Waals surface area contributed by atoms with Crippen LogP contribution in [0.4, 0.5) is 10.5 Å². The molecule has 0 unspecified atom stereocenters. The van der Waals surface area contributed by atoms with E-state index in [1.807, 2.05) is 0 Å².